The molecular formula is C18H14FN3O3. The fraction of sp³-hybridized carbons (Fsp3) is 0.0556. The zero-order chi connectivity index (χ0) is 17.8. The second-order valence-electron chi connectivity index (χ2n) is 5.09. The first-order chi connectivity index (χ1) is 12.1. The van der Waals surface area contributed by atoms with Crippen molar-refractivity contribution in [1.82, 2.24) is 9.55 Å². The average molecular weight is 339 g/mol. The molecule has 6 nitrogen and oxygen atoms in total. The van der Waals surface area contributed by atoms with Gasteiger partial charge < -0.3 is 10.1 Å². The van der Waals surface area contributed by atoms with Gasteiger partial charge in [-0.15, -0.1) is 0 Å². The highest BCUT2D eigenvalue weighted by molar-refractivity contribution is 6.03. The van der Waals surface area contributed by atoms with Gasteiger partial charge in [-0.2, -0.15) is 0 Å². The fourth-order valence-corrected chi connectivity index (χ4v) is 2.33. The van der Waals surface area contributed by atoms with Crippen molar-refractivity contribution in [3.63, 3.8) is 0 Å². The molecule has 0 radical (unpaired) electrons. The molecule has 25 heavy (non-hydrogen) atoms. The Morgan fingerprint density at radius 3 is 2.76 bits per heavy atom. The van der Waals surface area contributed by atoms with Gasteiger partial charge in [0.1, 0.15) is 11.6 Å². The highest BCUT2D eigenvalue weighted by Crippen LogP contribution is 2.20. The number of anilines is 1. The van der Waals surface area contributed by atoms with Crippen LogP contribution in [0, 0.1) is 5.82 Å². The number of para-hydroxylation sites is 2. The lowest BCUT2D eigenvalue weighted by molar-refractivity contribution is 0.102. The van der Waals surface area contributed by atoms with Crippen LogP contribution < -0.4 is 15.6 Å². The molecule has 1 aromatic heterocycles. The summed E-state index contributed by atoms with van der Waals surface area (Å²) in [6.07, 6.45) is 2.85. The van der Waals surface area contributed by atoms with Crippen LogP contribution >= 0.6 is 0 Å². The molecule has 3 aromatic rings. The summed E-state index contributed by atoms with van der Waals surface area (Å²) in [5.74, 6) is -0.831. The van der Waals surface area contributed by atoms with Crippen LogP contribution in [0.4, 0.5) is 10.2 Å². The Bertz CT molecular complexity index is 985. The number of methoxy groups -OCH3 is 1. The molecule has 1 N–H and O–H groups in total. The first kappa shape index (κ1) is 16.4. The highest BCUT2D eigenvalue weighted by atomic mass is 19.1. The summed E-state index contributed by atoms with van der Waals surface area (Å²) < 4.78 is 19.8. The standard InChI is InChI=1S/C18H14FN3O3/c1-25-15-8-3-2-7-14(15)22-10-9-20-16(18(22)24)21-17(23)12-5-4-6-13(19)11-12/h2-11H,1H3,(H,20,21,23). The number of aromatic nitrogens is 2. The quantitative estimate of drug-likeness (QED) is 0.793. The lowest BCUT2D eigenvalue weighted by Crippen LogP contribution is -2.26. The van der Waals surface area contributed by atoms with Gasteiger partial charge in [-0.1, -0.05) is 18.2 Å². The van der Waals surface area contributed by atoms with Crippen molar-refractivity contribution < 1.29 is 13.9 Å². The minimum Gasteiger partial charge on any atom is -0.495 e. The molecule has 1 heterocycles. The number of amides is 1. The number of carbonyl (C=O) groups is 1. The lowest BCUT2D eigenvalue weighted by Gasteiger charge is -2.11. The summed E-state index contributed by atoms with van der Waals surface area (Å²) in [4.78, 5) is 28.7. The summed E-state index contributed by atoms with van der Waals surface area (Å²) in [5, 5.41) is 2.41. The van der Waals surface area contributed by atoms with Crippen molar-refractivity contribution in [2.24, 2.45) is 0 Å². The van der Waals surface area contributed by atoms with Gasteiger partial charge in [-0.3, -0.25) is 14.2 Å². The van der Waals surface area contributed by atoms with E-state index in [1.54, 1.807) is 24.3 Å². The van der Waals surface area contributed by atoms with Crippen molar-refractivity contribution in [3.05, 3.63) is 82.7 Å². The fourth-order valence-electron chi connectivity index (χ4n) is 2.33. The number of halogens is 1. The third-order valence-corrected chi connectivity index (χ3v) is 3.50. The minimum atomic E-state index is -0.623. The number of nitrogens with one attached hydrogen (secondary N) is 1. The van der Waals surface area contributed by atoms with E-state index in [1.807, 2.05) is 0 Å². The molecule has 3 rings (SSSR count). The van der Waals surface area contributed by atoms with Crippen LogP contribution in [-0.4, -0.2) is 22.6 Å². The zero-order valence-corrected chi connectivity index (χ0v) is 13.3. The van der Waals surface area contributed by atoms with Gasteiger partial charge in [-0.05, 0) is 30.3 Å². The predicted molar refractivity (Wildman–Crippen MR) is 90.7 cm³/mol. The van der Waals surface area contributed by atoms with E-state index in [-0.39, 0.29) is 11.4 Å². The minimum absolute atomic E-state index is 0.0916. The van der Waals surface area contributed by atoms with Crippen molar-refractivity contribution in [2.45, 2.75) is 0 Å². The summed E-state index contributed by atoms with van der Waals surface area (Å²) in [7, 11) is 1.50. The number of hydrogen-bond donors (Lipinski definition) is 1. The number of hydrogen-bond acceptors (Lipinski definition) is 4. The SMILES string of the molecule is COc1ccccc1-n1ccnc(NC(=O)c2cccc(F)c2)c1=O. The molecule has 0 atom stereocenters. The Balaban J connectivity index is 1.97. The predicted octanol–water partition coefficient (Wildman–Crippen LogP) is 2.63. The van der Waals surface area contributed by atoms with Crippen LogP contribution in [0.1, 0.15) is 10.4 Å². The monoisotopic (exact) mass is 339 g/mol. The summed E-state index contributed by atoms with van der Waals surface area (Å²) >= 11 is 0. The topological polar surface area (TPSA) is 73.2 Å². The molecule has 7 heteroatoms. The van der Waals surface area contributed by atoms with E-state index < -0.39 is 17.3 Å². The van der Waals surface area contributed by atoms with E-state index in [4.69, 9.17) is 4.74 Å². The zero-order valence-electron chi connectivity index (χ0n) is 13.3. The van der Waals surface area contributed by atoms with Crippen LogP contribution in [0.2, 0.25) is 0 Å². The number of rotatable bonds is 4. The molecule has 0 saturated carbocycles. The first-order valence-electron chi connectivity index (χ1n) is 7.38. The Morgan fingerprint density at radius 2 is 2.00 bits per heavy atom. The third-order valence-electron chi connectivity index (χ3n) is 3.50. The van der Waals surface area contributed by atoms with Crippen LogP contribution in [0.25, 0.3) is 5.69 Å². The molecule has 1 amide bonds. The molecule has 0 saturated heterocycles. The maximum Gasteiger partial charge on any atom is 0.298 e. The molecule has 0 spiro atoms. The maximum absolute atomic E-state index is 13.2. The summed E-state index contributed by atoms with van der Waals surface area (Å²) in [6, 6.07) is 12.1. The largest absolute Gasteiger partial charge is 0.495 e. The lowest BCUT2D eigenvalue weighted by atomic mass is 10.2. The van der Waals surface area contributed by atoms with Crippen LogP contribution in [0.15, 0.2) is 65.7 Å². The summed E-state index contributed by atoms with van der Waals surface area (Å²) in [5.41, 5.74) is 0.0734. The molecule has 0 unspecified atom stereocenters. The second-order valence-corrected chi connectivity index (χ2v) is 5.09. The number of ether oxygens (including phenoxy) is 1. The highest BCUT2D eigenvalue weighted by Gasteiger charge is 2.14. The van der Waals surface area contributed by atoms with Crippen LogP contribution in [-0.2, 0) is 0 Å². The Labute approximate surface area is 142 Å². The second kappa shape index (κ2) is 6.96. The Hall–Kier alpha value is -3.48. The van der Waals surface area contributed by atoms with Gasteiger partial charge >= 0.3 is 0 Å². The van der Waals surface area contributed by atoms with E-state index in [1.165, 1.54) is 42.3 Å². The van der Waals surface area contributed by atoms with E-state index in [9.17, 15) is 14.0 Å². The molecule has 0 aliphatic heterocycles. The molecular weight excluding hydrogens is 325 g/mol. The summed E-state index contributed by atoms with van der Waals surface area (Å²) in [6.45, 7) is 0. The van der Waals surface area contributed by atoms with E-state index in [2.05, 4.69) is 10.3 Å². The van der Waals surface area contributed by atoms with Gasteiger partial charge in [-0.25, -0.2) is 9.37 Å². The van der Waals surface area contributed by atoms with Gasteiger partial charge in [0, 0.05) is 18.0 Å². The molecule has 0 fully saturated rings. The third kappa shape index (κ3) is 3.40. The van der Waals surface area contributed by atoms with Crippen molar-refractivity contribution in [1.29, 1.82) is 0 Å². The van der Waals surface area contributed by atoms with Gasteiger partial charge in [0.15, 0.2) is 5.82 Å². The van der Waals surface area contributed by atoms with Gasteiger partial charge in [0.05, 0.1) is 12.8 Å². The maximum atomic E-state index is 13.2. The van der Waals surface area contributed by atoms with E-state index >= 15 is 0 Å². The Morgan fingerprint density at radius 1 is 1.20 bits per heavy atom. The normalized spacial score (nSPS) is 10.3. The average Bonchev–Trinajstić information content (AvgIpc) is 2.63. The first-order valence-corrected chi connectivity index (χ1v) is 7.38. The van der Waals surface area contributed by atoms with Crippen LogP contribution in [0.5, 0.6) is 5.75 Å². The molecule has 0 aliphatic carbocycles. The van der Waals surface area contributed by atoms with Gasteiger partial charge in [0.2, 0.25) is 0 Å². The van der Waals surface area contributed by atoms with Crippen molar-refractivity contribution in [3.8, 4) is 11.4 Å². The smallest absolute Gasteiger partial charge is 0.298 e. The number of nitrogens with zero attached hydrogens (tertiary/aromatic N) is 2. The molecule has 0 bridgehead atoms. The van der Waals surface area contributed by atoms with Crippen molar-refractivity contribution >= 4 is 11.7 Å². The number of benzene rings is 2. The Kier molecular flexibility index (Phi) is 4.56. The molecule has 126 valence electrons. The molecule has 0 aliphatic rings. The number of carbonyl (C=O) groups excluding carboxylic acids is 1. The van der Waals surface area contributed by atoms with Crippen molar-refractivity contribution in [2.75, 3.05) is 12.4 Å². The van der Waals surface area contributed by atoms with Gasteiger partial charge in [0.25, 0.3) is 11.5 Å². The molecule has 2 aromatic carbocycles. The van der Waals surface area contributed by atoms with E-state index in [0.29, 0.717) is 11.4 Å². The van der Waals surface area contributed by atoms with E-state index in [0.717, 1.165) is 6.07 Å². The van der Waals surface area contributed by atoms with Crippen LogP contribution in [0.3, 0.4) is 0 Å².